The number of thiophene rings is 1. The molecule has 80 valence electrons. The van der Waals surface area contributed by atoms with E-state index in [1.807, 2.05) is 6.07 Å². The van der Waals surface area contributed by atoms with Gasteiger partial charge in [0.2, 0.25) is 0 Å². The zero-order valence-corrected chi connectivity index (χ0v) is 9.42. The zero-order chi connectivity index (χ0) is 10.8. The molecule has 3 aromatic rings. The van der Waals surface area contributed by atoms with Crippen molar-refractivity contribution in [2.24, 2.45) is 0 Å². The van der Waals surface area contributed by atoms with Gasteiger partial charge in [-0.3, -0.25) is 5.10 Å². The summed E-state index contributed by atoms with van der Waals surface area (Å²) in [6.45, 7) is 0.773. The molecule has 0 bridgehead atoms. The quantitative estimate of drug-likeness (QED) is 0.724. The molecule has 3 rings (SSSR count). The number of nitrogens with one attached hydrogen (secondary N) is 2. The SMILES string of the molecule is c1cc(CNc2ccc3sccc3c2)[nH]n1. The maximum absolute atomic E-state index is 3.91. The highest BCUT2D eigenvalue weighted by molar-refractivity contribution is 7.17. The molecule has 16 heavy (non-hydrogen) atoms. The summed E-state index contributed by atoms with van der Waals surface area (Å²) in [5, 5.41) is 13.6. The van der Waals surface area contributed by atoms with Crippen LogP contribution in [0.1, 0.15) is 5.69 Å². The van der Waals surface area contributed by atoms with Crippen LogP contribution in [0.15, 0.2) is 41.9 Å². The lowest BCUT2D eigenvalue weighted by molar-refractivity contribution is 0.982. The van der Waals surface area contributed by atoms with E-state index in [2.05, 4.69) is 45.2 Å². The Morgan fingerprint density at radius 1 is 1.25 bits per heavy atom. The van der Waals surface area contributed by atoms with Crippen LogP contribution in [-0.2, 0) is 6.54 Å². The van der Waals surface area contributed by atoms with E-state index in [9.17, 15) is 0 Å². The molecule has 0 amide bonds. The largest absolute Gasteiger partial charge is 0.379 e. The van der Waals surface area contributed by atoms with Crippen molar-refractivity contribution in [3.05, 3.63) is 47.6 Å². The first-order valence-corrected chi connectivity index (χ1v) is 5.99. The highest BCUT2D eigenvalue weighted by Crippen LogP contribution is 2.24. The number of aromatic amines is 1. The highest BCUT2D eigenvalue weighted by Gasteiger charge is 1.98. The Labute approximate surface area is 97.1 Å². The Morgan fingerprint density at radius 3 is 3.12 bits per heavy atom. The summed E-state index contributed by atoms with van der Waals surface area (Å²) in [6.07, 6.45) is 1.76. The first-order chi connectivity index (χ1) is 7.92. The predicted molar refractivity (Wildman–Crippen MR) is 67.7 cm³/mol. The van der Waals surface area contributed by atoms with Crippen LogP contribution < -0.4 is 5.32 Å². The van der Waals surface area contributed by atoms with Crippen LogP contribution in [0.2, 0.25) is 0 Å². The Balaban J connectivity index is 1.78. The van der Waals surface area contributed by atoms with Crippen LogP contribution in [-0.4, -0.2) is 10.2 Å². The van der Waals surface area contributed by atoms with E-state index in [1.165, 1.54) is 10.1 Å². The monoisotopic (exact) mass is 229 g/mol. The molecule has 4 heteroatoms. The van der Waals surface area contributed by atoms with Gasteiger partial charge in [-0.2, -0.15) is 5.10 Å². The van der Waals surface area contributed by atoms with Crippen molar-refractivity contribution >= 4 is 27.1 Å². The van der Waals surface area contributed by atoms with Gasteiger partial charge in [0, 0.05) is 16.6 Å². The van der Waals surface area contributed by atoms with Gasteiger partial charge < -0.3 is 5.32 Å². The van der Waals surface area contributed by atoms with Crippen molar-refractivity contribution in [3.8, 4) is 0 Å². The minimum Gasteiger partial charge on any atom is -0.379 e. The smallest absolute Gasteiger partial charge is 0.0567 e. The van der Waals surface area contributed by atoms with Gasteiger partial charge in [-0.25, -0.2) is 0 Å². The van der Waals surface area contributed by atoms with Crippen molar-refractivity contribution in [2.45, 2.75) is 6.54 Å². The molecule has 0 radical (unpaired) electrons. The second-order valence-electron chi connectivity index (χ2n) is 3.61. The van der Waals surface area contributed by atoms with Crippen molar-refractivity contribution in [2.75, 3.05) is 5.32 Å². The Hall–Kier alpha value is -1.81. The third-order valence-corrected chi connectivity index (χ3v) is 3.39. The molecule has 2 aromatic heterocycles. The highest BCUT2D eigenvalue weighted by atomic mass is 32.1. The first-order valence-electron chi connectivity index (χ1n) is 5.11. The van der Waals surface area contributed by atoms with E-state index in [4.69, 9.17) is 0 Å². The lowest BCUT2D eigenvalue weighted by Gasteiger charge is -2.04. The summed E-state index contributed by atoms with van der Waals surface area (Å²) in [6, 6.07) is 10.5. The number of fused-ring (bicyclic) bond motifs is 1. The molecule has 0 saturated carbocycles. The fourth-order valence-corrected chi connectivity index (χ4v) is 2.43. The minimum absolute atomic E-state index is 0.773. The minimum atomic E-state index is 0.773. The molecule has 0 atom stereocenters. The molecule has 3 nitrogen and oxygen atoms in total. The number of H-pyrrole nitrogens is 1. The van der Waals surface area contributed by atoms with Crippen LogP contribution in [0.25, 0.3) is 10.1 Å². The van der Waals surface area contributed by atoms with Gasteiger partial charge in [0.15, 0.2) is 0 Å². The molecule has 0 aliphatic rings. The van der Waals surface area contributed by atoms with E-state index in [1.54, 1.807) is 17.5 Å². The van der Waals surface area contributed by atoms with Gasteiger partial charge in [0.25, 0.3) is 0 Å². The third-order valence-electron chi connectivity index (χ3n) is 2.49. The molecule has 0 aliphatic carbocycles. The number of aromatic nitrogens is 2. The molecular weight excluding hydrogens is 218 g/mol. The molecule has 2 N–H and O–H groups in total. The number of hydrogen-bond acceptors (Lipinski definition) is 3. The summed E-state index contributed by atoms with van der Waals surface area (Å²) in [7, 11) is 0. The van der Waals surface area contributed by atoms with Crippen LogP contribution >= 0.6 is 11.3 Å². The fourth-order valence-electron chi connectivity index (χ4n) is 1.66. The normalized spacial score (nSPS) is 10.8. The Morgan fingerprint density at radius 2 is 2.25 bits per heavy atom. The lowest BCUT2D eigenvalue weighted by atomic mass is 10.2. The van der Waals surface area contributed by atoms with Gasteiger partial charge in [-0.15, -0.1) is 11.3 Å². The van der Waals surface area contributed by atoms with Crippen molar-refractivity contribution in [3.63, 3.8) is 0 Å². The number of hydrogen-bond donors (Lipinski definition) is 2. The summed E-state index contributed by atoms with van der Waals surface area (Å²) < 4.78 is 1.33. The average molecular weight is 229 g/mol. The number of anilines is 1. The maximum Gasteiger partial charge on any atom is 0.0567 e. The number of benzene rings is 1. The van der Waals surface area contributed by atoms with Crippen LogP contribution in [0, 0.1) is 0 Å². The molecule has 0 aliphatic heterocycles. The summed E-state index contributed by atoms with van der Waals surface area (Å²) >= 11 is 1.77. The van der Waals surface area contributed by atoms with Crippen molar-refractivity contribution in [1.82, 2.24) is 10.2 Å². The summed E-state index contributed by atoms with van der Waals surface area (Å²) in [5.41, 5.74) is 2.23. The van der Waals surface area contributed by atoms with E-state index >= 15 is 0 Å². The molecule has 1 aromatic carbocycles. The van der Waals surface area contributed by atoms with E-state index in [0.29, 0.717) is 0 Å². The Kier molecular flexibility index (Phi) is 2.34. The predicted octanol–water partition coefficient (Wildman–Crippen LogP) is 3.24. The molecule has 2 heterocycles. The topological polar surface area (TPSA) is 40.7 Å². The van der Waals surface area contributed by atoms with Gasteiger partial charge in [0.05, 0.1) is 12.2 Å². The van der Waals surface area contributed by atoms with Gasteiger partial charge in [0.1, 0.15) is 0 Å². The van der Waals surface area contributed by atoms with E-state index < -0.39 is 0 Å². The molecule has 0 unspecified atom stereocenters. The van der Waals surface area contributed by atoms with Gasteiger partial charge in [-0.05, 0) is 41.1 Å². The second kappa shape index (κ2) is 3.98. The second-order valence-corrected chi connectivity index (χ2v) is 4.56. The first kappa shape index (κ1) is 9.42. The maximum atomic E-state index is 3.91. The van der Waals surface area contributed by atoms with Crippen LogP contribution in [0.5, 0.6) is 0 Å². The number of rotatable bonds is 3. The number of nitrogens with zero attached hydrogens (tertiary/aromatic N) is 1. The van der Waals surface area contributed by atoms with Crippen LogP contribution in [0.4, 0.5) is 5.69 Å². The molecule has 0 fully saturated rings. The van der Waals surface area contributed by atoms with Crippen molar-refractivity contribution < 1.29 is 0 Å². The zero-order valence-electron chi connectivity index (χ0n) is 8.60. The van der Waals surface area contributed by atoms with Gasteiger partial charge in [-0.1, -0.05) is 0 Å². The van der Waals surface area contributed by atoms with Crippen molar-refractivity contribution in [1.29, 1.82) is 0 Å². The lowest BCUT2D eigenvalue weighted by Crippen LogP contribution is -1.99. The molecule has 0 saturated heterocycles. The molecular formula is C12H11N3S. The fraction of sp³-hybridized carbons (Fsp3) is 0.0833. The summed E-state index contributed by atoms with van der Waals surface area (Å²) in [5.74, 6) is 0. The third kappa shape index (κ3) is 1.79. The van der Waals surface area contributed by atoms with Gasteiger partial charge >= 0.3 is 0 Å². The molecule has 0 spiro atoms. The Bertz CT molecular complexity index is 583. The standard InChI is InChI=1S/C12H11N3S/c1-2-12-9(4-6-16-12)7-10(1)13-8-11-3-5-14-15-11/h1-7,13H,8H2,(H,14,15). The van der Waals surface area contributed by atoms with E-state index in [0.717, 1.165) is 17.9 Å². The van der Waals surface area contributed by atoms with Crippen LogP contribution in [0.3, 0.4) is 0 Å². The average Bonchev–Trinajstić information content (AvgIpc) is 2.97. The van der Waals surface area contributed by atoms with E-state index in [-0.39, 0.29) is 0 Å². The summed E-state index contributed by atoms with van der Waals surface area (Å²) in [4.78, 5) is 0.